The number of fused-ring (bicyclic) bond motifs is 2. The second-order valence-electron chi connectivity index (χ2n) is 5.61. The molecule has 0 aliphatic carbocycles. The fourth-order valence-electron chi connectivity index (χ4n) is 2.56. The SMILES string of the molecule is COCCNC(=S)NNc1ncnc2cc(-c3ccc4c(c3)OCO4)sc12. The van der Waals surface area contributed by atoms with Crippen LogP contribution in [0, 0.1) is 0 Å². The number of benzene rings is 1. The lowest BCUT2D eigenvalue weighted by atomic mass is 10.1. The first-order chi connectivity index (χ1) is 13.2. The third kappa shape index (κ3) is 3.87. The van der Waals surface area contributed by atoms with Crippen molar-refractivity contribution in [1.82, 2.24) is 20.7 Å². The third-order valence-corrected chi connectivity index (χ3v) is 5.28. The van der Waals surface area contributed by atoms with Crippen LogP contribution < -0.4 is 25.6 Å². The Labute approximate surface area is 164 Å². The molecule has 4 rings (SSSR count). The summed E-state index contributed by atoms with van der Waals surface area (Å²) in [6.07, 6.45) is 1.52. The molecule has 140 valence electrons. The number of thiophene rings is 1. The van der Waals surface area contributed by atoms with E-state index in [9.17, 15) is 0 Å². The maximum atomic E-state index is 5.47. The highest BCUT2D eigenvalue weighted by atomic mass is 32.1. The van der Waals surface area contributed by atoms with E-state index in [-0.39, 0.29) is 6.79 Å². The van der Waals surface area contributed by atoms with Crippen molar-refractivity contribution in [3.05, 3.63) is 30.6 Å². The van der Waals surface area contributed by atoms with Crippen LogP contribution in [-0.2, 0) is 4.74 Å². The number of rotatable bonds is 6. The van der Waals surface area contributed by atoms with Crippen molar-refractivity contribution in [2.75, 3.05) is 32.5 Å². The molecular formula is C17H17N5O3S2. The van der Waals surface area contributed by atoms with Crippen LogP contribution in [0.15, 0.2) is 30.6 Å². The molecule has 3 N–H and O–H groups in total. The first kappa shape index (κ1) is 17.7. The zero-order valence-electron chi connectivity index (χ0n) is 14.4. The Bertz CT molecular complexity index is 978. The molecule has 1 aliphatic heterocycles. The van der Waals surface area contributed by atoms with Crippen molar-refractivity contribution in [1.29, 1.82) is 0 Å². The Kier molecular flexibility index (Phi) is 5.19. The minimum absolute atomic E-state index is 0.259. The number of hydrazine groups is 1. The number of methoxy groups -OCH3 is 1. The van der Waals surface area contributed by atoms with E-state index in [2.05, 4.69) is 26.1 Å². The van der Waals surface area contributed by atoms with E-state index in [1.54, 1.807) is 18.4 Å². The van der Waals surface area contributed by atoms with Crippen molar-refractivity contribution in [3.8, 4) is 21.9 Å². The molecule has 0 radical (unpaired) electrons. The quantitative estimate of drug-likeness (QED) is 0.326. The van der Waals surface area contributed by atoms with Gasteiger partial charge >= 0.3 is 0 Å². The minimum atomic E-state index is 0.259. The highest BCUT2D eigenvalue weighted by Gasteiger charge is 2.16. The molecule has 0 bridgehead atoms. The number of hydrogen-bond acceptors (Lipinski definition) is 8. The van der Waals surface area contributed by atoms with Gasteiger partial charge in [-0.05, 0) is 42.0 Å². The number of nitrogens with zero attached hydrogens (tertiary/aromatic N) is 2. The smallest absolute Gasteiger partial charge is 0.231 e. The Morgan fingerprint density at radius 3 is 3.04 bits per heavy atom. The fraction of sp³-hybridized carbons (Fsp3) is 0.235. The molecular weight excluding hydrogens is 386 g/mol. The van der Waals surface area contributed by atoms with E-state index < -0.39 is 0 Å². The first-order valence-corrected chi connectivity index (χ1v) is 9.40. The van der Waals surface area contributed by atoms with Crippen LogP contribution in [0.4, 0.5) is 5.82 Å². The van der Waals surface area contributed by atoms with E-state index in [0.29, 0.717) is 24.1 Å². The van der Waals surface area contributed by atoms with Crippen molar-refractivity contribution < 1.29 is 14.2 Å². The second-order valence-corrected chi connectivity index (χ2v) is 7.07. The van der Waals surface area contributed by atoms with Gasteiger partial charge in [0.25, 0.3) is 0 Å². The van der Waals surface area contributed by atoms with E-state index in [1.165, 1.54) is 6.33 Å². The zero-order valence-corrected chi connectivity index (χ0v) is 16.1. The van der Waals surface area contributed by atoms with Gasteiger partial charge in [0.05, 0.1) is 16.8 Å². The maximum Gasteiger partial charge on any atom is 0.231 e. The summed E-state index contributed by atoms with van der Waals surface area (Å²) < 4.78 is 16.7. The number of thiocarbonyl (C=S) groups is 1. The van der Waals surface area contributed by atoms with Gasteiger partial charge in [0.2, 0.25) is 6.79 Å². The van der Waals surface area contributed by atoms with E-state index in [0.717, 1.165) is 32.2 Å². The molecule has 1 aliphatic rings. The summed E-state index contributed by atoms with van der Waals surface area (Å²) in [5, 5.41) is 3.49. The summed E-state index contributed by atoms with van der Waals surface area (Å²) in [4.78, 5) is 9.73. The Hall–Kier alpha value is -2.69. The Morgan fingerprint density at radius 1 is 1.26 bits per heavy atom. The van der Waals surface area contributed by atoms with Crippen molar-refractivity contribution in [2.24, 2.45) is 0 Å². The van der Waals surface area contributed by atoms with Crippen LogP contribution in [0.25, 0.3) is 20.7 Å². The van der Waals surface area contributed by atoms with Crippen LogP contribution in [0.5, 0.6) is 11.5 Å². The Balaban J connectivity index is 1.53. The van der Waals surface area contributed by atoms with Gasteiger partial charge in [-0.15, -0.1) is 11.3 Å². The normalized spacial score (nSPS) is 12.2. The van der Waals surface area contributed by atoms with Crippen LogP contribution in [0.2, 0.25) is 0 Å². The van der Waals surface area contributed by atoms with Gasteiger partial charge in [-0.25, -0.2) is 9.97 Å². The van der Waals surface area contributed by atoms with Gasteiger partial charge in [0.15, 0.2) is 22.4 Å². The van der Waals surface area contributed by atoms with Crippen molar-refractivity contribution in [2.45, 2.75) is 0 Å². The topological polar surface area (TPSA) is 89.6 Å². The lowest BCUT2D eigenvalue weighted by Crippen LogP contribution is -2.40. The summed E-state index contributed by atoms with van der Waals surface area (Å²) in [6, 6.07) is 7.92. The highest BCUT2D eigenvalue weighted by Crippen LogP contribution is 2.40. The number of anilines is 1. The lowest BCUT2D eigenvalue weighted by Gasteiger charge is -2.11. The first-order valence-electron chi connectivity index (χ1n) is 8.18. The fourth-order valence-corrected chi connectivity index (χ4v) is 3.77. The molecule has 0 fully saturated rings. The molecule has 0 saturated carbocycles. The summed E-state index contributed by atoms with van der Waals surface area (Å²) in [5.41, 5.74) is 7.86. The second kappa shape index (κ2) is 7.91. The highest BCUT2D eigenvalue weighted by molar-refractivity contribution is 7.80. The molecule has 1 aromatic carbocycles. The predicted molar refractivity (Wildman–Crippen MR) is 108 cm³/mol. The predicted octanol–water partition coefficient (Wildman–Crippen LogP) is 2.52. The van der Waals surface area contributed by atoms with Gasteiger partial charge in [-0.2, -0.15) is 0 Å². The molecule has 0 spiro atoms. The molecule has 3 heterocycles. The largest absolute Gasteiger partial charge is 0.454 e. The minimum Gasteiger partial charge on any atom is -0.454 e. The van der Waals surface area contributed by atoms with E-state index >= 15 is 0 Å². The van der Waals surface area contributed by atoms with Gasteiger partial charge in [-0.3, -0.25) is 10.9 Å². The maximum absolute atomic E-state index is 5.47. The number of hydrogen-bond donors (Lipinski definition) is 3. The molecule has 8 nitrogen and oxygen atoms in total. The molecule has 0 unspecified atom stereocenters. The van der Waals surface area contributed by atoms with Gasteiger partial charge in [0, 0.05) is 18.5 Å². The average Bonchev–Trinajstić information content (AvgIpc) is 3.32. The van der Waals surface area contributed by atoms with E-state index in [4.69, 9.17) is 26.4 Å². The monoisotopic (exact) mass is 403 g/mol. The van der Waals surface area contributed by atoms with Crippen molar-refractivity contribution in [3.63, 3.8) is 0 Å². The van der Waals surface area contributed by atoms with Crippen molar-refractivity contribution >= 4 is 44.7 Å². The summed E-state index contributed by atoms with van der Waals surface area (Å²) in [7, 11) is 1.64. The van der Waals surface area contributed by atoms with Crippen LogP contribution in [0.1, 0.15) is 0 Å². The van der Waals surface area contributed by atoms with Crippen LogP contribution in [-0.4, -0.2) is 42.1 Å². The molecule has 10 heteroatoms. The molecule has 27 heavy (non-hydrogen) atoms. The Morgan fingerprint density at radius 2 is 2.15 bits per heavy atom. The molecule has 2 aromatic heterocycles. The summed E-state index contributed by atoms with van der Waals surface area (Å²) in [6.45, 7) is 1.45. The molecule has 0 atom stereocenters. The van der Waals surface area contributed by atoms with Crippen LogP contribution >= 0.6 is 23.6 Å². The molecule has 3 aromatic rings. The summed E-state index contributed by atoms with van der Waals surface area (Å²) in [5.74, 6) is 2.18. The van der Waals surface area contributed by atoms with Gasteiger partial charge in [0.1, 0.15) is 6.33 Å². The number of nitrogens with one attached hydrogen (secondary N) is 3. The van der Waals surface area contributed by atoms with E-state index in [1.807, 2.05) is 24.3 Å². The average molecular weight is 403 g/mol. The number of aromatic nitrogens is 2. The molecule has 0 saturated heterocycles. The zero-order chi connectivity index (χ0) is 18.6. The number of ether oxygens (including phenoxy) is 3. The lowest BCUT2D eigenvalue weighted by molar-refractivity contribution is 0.174. The van der Waals surface area contributed by atoms with Gasteiger partial charge in [-0.1, -0.05) is 0 Å². The molecule has 0 amide bonds. The van der Waals surface area contributed by atoms with Gasteiger partial charge < -0.3 is 19.5 Å². The standard InChI is InChI=1S/C17H17N5O3S2/c1-23-5-4-18-17(26)22-21-16-15-11(19-8-20-16)7-14(27-15)10-2-3-12-13(6-10)25-9-24-12/h2-3,6-8H,4-5,9H2,1H3,(H2,18,22,26)(H,19,20,21). The third-order valence-electron chi connectivity index (χ3n) is 3.85. The summed E-state index contributed by atoms with van der Waals surface area (Å²) >= 11 is 6.80. The van der Waals surface area contributed by atoms with Crippen LogP contribution in [0.3, 0.4) is 0 Å².